The number of hydrogen-bond donors (Lipinski definition) is 0. The van der Waals surface area contributed by atoms with Crippen LogP contribution in [0.1, 0.15) is 23.1 Å². The van der Waals surface area contributed by atoms with Crippen LogP contribution in [0.15, 0.2) is 35.1 Å². The monoisotopic (exact) mass is 326 g/mol. The zero-order valence-corrected chi connectivity index (χ0v) is 12.2. The van der Waals surface area contributed by atoms with Crippen molar-refractivity contribution in [1.82, 2.24) is 9.55 Å². The van der Waals surface area contributed by atoms with Crippen molar-refractivity contribution >= 4 is 33.3 Å². The van der Waals surface area contributed by atoms with Gasteiger partial charge in [0.15, 0.2) is 5.78 Å². The van der Waals surface area contributed by atoms with Crippen LogP contribution in [0.4, 0.5) is 0 Å². The Hall–Kier alpha value is -1.13. The second-order valence-electron chi connectivity index (χ2n) is 3.85. The quantitative estimate of drug-likeness (QED) is 0.802. The van der Waals surface area contributed by atoms with Gasteiger partial charge in [-0.25, -0.2) is 4.98 Å². The molecule has 0 fully saturated rings. The Morgan fingerprint density at radius 1 is 1.50 bits per heavy atom. The van der Waals surface area contributed by atoms with Gasteiger partial charge in [-0.2, -0.15) is 0 Å². The first-order chi connectivity index (χ1) is 8.61. The van der Waals surface area contributed by atoms with E-state index in [4.69, 9.17) is 11.6 Å². The molecule has 1 aromatic heterocycles. The van der Waals surface area contributed by atoms with Crippen LogP contribution in [0.3, 0.4) is 0 Å². The molecule has 0 atom stereocenters. The Labute approximate surface area is 119 Å². The molecule has 0 radical (unpaired) electrons. The molecule has 1 aromatic carbocycles. The second kappa shape index (κ2) is 5.67. The lowest BCUT2D eigenvalue weighted by Gasteiger charge is -2.06. The van der Waals surface area contributed by atoms with Crippen molar-refractivity contribution in [3.63, 3.8) is 0 Å². The summed E-state index contributed by atoms with van der Waals surface area (Å²) in [5.74, 6) is 0.809. The number of Topliss-reactive ketones (excluding diaryl/α,β-unsaturated/α-hetero) is 1. The molecule has 0 saturated heterocycles. The summed E-state index contributed by atoms with van der Waals surface area (Å²) in [4.78, 5) is 16.4. The average molecular weight is 328 g/mol. The number of rotatable bonds is 4. The minimum absolute atomic E-state index is 0.0273. The molecular formula is C13H12BrClN2O. The Bertz CT molecular complexity index is 580. The van der Waals surface area contributed by atoms with E-state index in [1.54, 1.807) is 24.4 Å². The van der Waals surface area contributed by atoms with E-state index in [0.29, 0.717) is 17.0 Å². The molecule has 1 heterocycles. The van der Waals surface area contributed by atoms with E-state index in [1.807, 2.05) is 17.7 Å². The number of aryl methyl sites for hydroxylation is 1. The first-order valence-electron chi connectivity index (χ1n) is 5.60. The van der Waals surface area contributed by atoms with Gasteiger partial charge in [0.25, 0.3) is 0 Å². The van der Waals surface area contributed by atoms with Gasteiger partial charge in [0.05, 0.1) is 6.42 Å². The number of ketones is 1. The number of hydrogen-bond acceptors (Lipinski definition) is 2. The van der Waals surface area contributed by atoms with E-state index >= 15 is 0 Å². The molecule has 3 nitrogen and oxygen atoms in total. The summed E-state index contributed by atoms with van der Waals surface area (Å²) in [6.45, 7) is 2.83. The molecule has 0 aliphatic carbocycles. The summed E-state index contributed by atoms with van der Waals surface area (Å²) in [7, 11) is 0. The first-order valence-corrected chi connectivity index (χ1v) is 6.77. The summed E-state index contributed by atoms with van der Waals surface area (Å²) in [6, 6.07) is 5.17. The van der Waals surface area contributed by atoms with Gasteiger partial charge in [-0.05, 0) is 41.1 Å². The van der Waals surface area contributed by atoms with Gasteiger partial charge in [0, 0.05) is 34.0 Å². The molecule has 0 bridgehead atoms. The van der Waals surface area contributed by atoms with Crippen LogP contribution in [0.2, 0.25) is 5.02 Å². The number of imidazole rings is 1. The van der Waals surface area contributed by atoms with Crippen molar-refractivity contribution in [2.75, 3.05) is 0 Å². The number of aromatic nitrogens is 2. The Kier molecular flexibility index (Phi) is 4.19. The summed E-state index contributed by atoms with van der Waals surface area (Å²) in [6.07, 6.45) is 3.88. The van der Waals surface area contributed by atoms with Crippen LogP contribution in [-0.4, -0.2) is 15.3 Å². The lowest BCUT2D eigenvalue weighted by molar-refractivity contribution is 0.0989. The smallest absolute Gasteiger partial charge is 0.171 e. The highest BCUT2D eigenvalue weighted by Crippen LogP contribution is 2.22. The highest BCUT2D eigenvalue weighted by molar-refractivity contribution is 9.10. The summed E-state index contributed by atoms with van der Waals surface area (Å²) in [5.41, 5.74) is 0.630. The number of benzene rings is 1. The fraction of sp³-hybridized carbons (Fsp3) is 0.231. The van der Waals surface area contributed by atoms with Crippen molar-refractivity contribution in [3.8, 4) is 0 Å². The van der Waals surface area contributed by atoms with E-state index in [0.717, 1.165) is 16.8 Å². The molecule has 94 valence electrons. The van der Waals surface area contributed by atoms with E-state index < -0.39 is 0 Å². The van der Waals surface area contributed by atoms with Gasteiger partial charge in [-0.1, -0.05) is 11.6 Å². The normalized spacial score (nSPS) is 10.6. The third-order valence-electron chi connectivity index (χ3n) is 2.69. The summed E-state index contributed by atoms with van der Waals surface area (Å²) >= 11 is 9.21. The molecule has 0 N–H and O–H groups in total. The molecule has 0 saturated carbocycles. The maximum atomic E-state index is 12.2. The predicted molar refractivity (Wildman–Crippen MR) is 75.1 cm³/mol. The zero-order chi connectivity index (χ0) is 13.1. The molecule has 2 rings (SSSR count). The van der Waals surface area contributed by atoms with Gasteiger partial charge < -0.3 is 4.57 Å². The van der Waals surface area contributed by atoms with Gasteiger partial charge in [0.2, 0.25) is 0 Å². The predicted octanol–water partition coefficient (Wildman–Crippen LogP) is 3.74. The largest absolute Gasteiger partial charge is 0.335 e. The first kappa shape index (κ1) is 13.3. The fourth-order valence-electron chi connectivity index (χ4n) is 1.75. The molecular weight excluding hydrogens is 316 g/mol. The highest BCUT2D eigenvalue weighted by atomic mass is 79.9. The fourth-order valence-corrected chi connectivity index (χ4v) is 2.65. The van der Waals surface area contributed by atoms with Crippen molar-refractivity contribution in [1.29, 1.82) is 0 Å². The number of nitrogens with zero attached hydrogens (tertiary/aromatic N) is 2. The zero-order valence-electron chi connectivity index (χ0n) is 9.86. The maximum Gasteiger partial charge on any atom is 0.171 e. The Morgan fingerprint density at radius 2 is 2.28 bits per heavy atom. The molecule has 18 heavy (non-hydrogen) atoms. The third-order valence-corrected chi connectivity index (χ3v) is 3.58. The van der Waals surface area contributed by atoms with Crippen LogP contribution in [0.25, 0.3) is 0 Å². The van der Waals surface area contributed by atoms with Crippen molar-refractivity contribution in [2.24, 2.45) is 0 Å². The number of carbonyl (C=O) groups is 1. The SMILES string of the molecule is CCn1ccnc1CC(=O)c1ccc(Cl)cc1Br. The van der Waals surface area contributed by atoms with Crippen LogP contribution in [0, 0.1) is 0 Å². The van der Waals surface area contributed by atoms with Crippen molar-refractivity contribution in [2.45, 2.75) is 19.9 Å². The van der Waals surface area contributed by atoms with Gasteiger partial charge in [-0.15, -0.1) is 0 Å². The second-order valence-corrected chi connectivity index (χ2v) is 5.14. The van der Waals surface area contributed by atoms with E-state index in [2.05, 4.69) is 20.9 Å². The topological polar surface area (TPSA) is 34.9 Å². The van der Waals surface area contributed by atoms with Crippen LogP contribution in [0.5, 0.6) is 0 Å². The van der Waals surface area contributed by atoms with E-state index in [-0.39, 0.29) is 5.78 Å². The molecule has 0 aliphatic heterocycles. The standard InChI is InChI=1S/C13H12BrClN2O/c1-2-17-6-5-16-13(17)8-12(18)10-4-3-9(15)7-11(10)14/h3-7H,2,8H2,1H3. The molecule has 2 aromatic rings. The van der Waals surface area contributed by atoms with Gasteiger partial charge >= 0.3 is 0 Å². The molecule has 0 unspecified atom stereocenters. The molecule has 5 heteroatoms. The van der Waals surface area contributed by atoms with Crippen molar-refractivity contribution in [3.05, 3.63) is 51.5 Å². The lowest BCUT2D eigenvalue weighted by atomic mass is 10.1. The highest BCUT2D eigenvalue weighted by Gasteiger charge is 2.13. The lowest BCUT2D eigenvalue weighted by Crippen LogP contribution is -2.10. The van der Waals surface area contributed by atoms with Gasteiger partial charge in [0.1, 0.15) is 5.82 Å². The number of halogens is 2. The van der Waals surface area contributed by atoms with Crippen LogP contribution >= 0.6 is 27.5 Å². The minimum atomic E-state index is 0.0273. The summed E-state index contributed by atoms with van der Waals surface area (Å²) in [5, 5.41) is 0.605. The molecule has 0 aliphatic rings. The Morgan fingerprint density at radius 3 is 2.94 bits per heavy atom. The van der Waals surface area contributed by atoms with E-state index in [1.165, 1.54) is 0 Å². The average Bonchev–Trinajstić information content (AvgIpc) is 2.76. The van der Waals surface area contributed by atoms with Crippen molar-refractivity contribution < 1.29 is 4.79 Å². The Balaban J connectivity index is 2.22. The molecule has 0 amide bonds. The third kappa shape index (κ3) is 2.82. The molecule has 0 spiro atoms. The van der Waals surface area contributed by atoms with Crippen LogP contribution in [-0.2, 0) is 13.0 Å². The van der Waals surface area contributed by atoms with E-state index in [9.17, 15) is 4.79 Å². The van der Waals surface area contributed by atoms with Gasteiger partial charge in [-0.3, -0.25) is 4.79 Å². The van der Waals surface area contributed by atoms with Crippen LogP contribution < -0.4 is 0 Å². The number of carbonyl (C=O) groups excluding carboxylic acids is 1. The summed E-state index contributed by atoms with van der Waals surface area (Å²) < 4.78 is 2.68. The minimum Gasteiger partial charge on any atom is -0.335 e. The maximum absolute atomic E-state index is 12.2.